The van der Waals surface area contributed by atoms with Gasteiger partial charge < -0.3 is 5.32 Å². The van der Waals surface area contributed by atoms with Crippen molar-refractivity contribution < 1.29 is 9.18 Å². The molecule has 0 spiro atoms. The predicted molar refractivity (Wildman–Crippen MR) is 85.2 cm³/mol. The highest BCUT2D eigenvalue weighted by Crippen LogP contribution is 2.18. The molecule has 0 aliphatic heterocycles. The highest BCUT2D eigenvalue weighted by Gasteiger charge is 2.17. The van der Waals surface area contributed by atoms with Crippen molar-refractivity contribution in [3.05, 3.63) is 46.5 Å². The van der Waals surface area contributed by atoms with Gasteiger partial charge in [-0.2, -0.15) is 4.52 Å². The van der Waals surface area contributed by atoms with Crippen LogP contribution in [0.1, 0.15) is 41.0 Å². The third kappa shape index (κ3) is 3.37. The standard InChI is InChI=1S/C15H16FN5OS/c1-9(2)12-18-19-15-21(12)20-14(23-15)13(22)17-8-7-10-3-5-11(16)6-4-10/h3-6,9H,7-8H2,1-2H3,(H,17,22). The van der Waals surface area contributed by atoms with Crippen molar-refractivity contribution in [1.29, 1.82) is 0 Å². The Morgan fingerprint density at radius 3 is 2.74 bits per heavy atom. The monoisotopic (exact) mass is 333 g/mol. The maximum atomic E-state index is 12.8. The van der Waals surface area contributed by atoms with Crippen molar-refractivity contribution in [2.45, 2.75) is 26.2 Å². The summed E-state index contributed by atoms with van der Waals surface area (Å²) in [5, 5.41) is 15.5. The van der Waals surface area contributed by atoms with E-state index in [0.717, 1.165) is 11.4 Å². The number of nitrogens with one attached hydrogen (secondary N) is 1. The van der Waals surface area contributed by atoms with Crippen molar-refractivity contribution in [1.82, 2.24) is 25.1 Å². The molecule has 0 bridgehead atoms. The summed E-state index contributed by atoms with van der Waals surface area (Å²) < 4.78 is 14.4. The minimum atomic E-state index is -0.265. The van der Waals surface area contributed by atoms with E-state index in [1.807, 2.05) is 13.8 Å². The molecule has 3 rings (SSSR count). The second kappa shape index (κ2) is 6.41. The van der Waals surface area contributed by atoms with Crippen LogP contribution in [0.4, 0.5) is 4.39 Å². The van der Waals surface area contributed by atoms with Gasteiger partial charge in [-0.25, -0.2) is 4.39 Å². The number of carbonyl (C=O) groups excluding carboxylic acids is 1. The first-order valence-electron chi connectivity index (χ1n) is 7.29. The summed E-state index contributed by atoms with van der Waals surface area (Å²) in [4.78, 5) is 12.8. The fraction of sp³-hybridized carbons (Fsp3) is 0.333. The molecule has 0 aliphatic rings. The van der Waals surface area contributed by atoms with Crippen molar-refractivity contribution in [2.75, 3.05) is 6.54 Å². The van der Waals surface area contributed by atoms with Crippen molar-refractivity contribution in [3.8, 4) is 0 Å². The van der Waals surface area contributed by atoms with E-state index in [-0.39, 0.29) is 17.6 Å². The second-order valence-corrected chi connectivity index (χ2v) is 6.40. The average Bonchev–Trinajstić information content (AvgIpc) is 3.09. The summed E-state index contributed by atoms with van der Waals surface area (Å²) in [6, 6.07) is 6.24. The molecule has 1 amide bonds. The highest BCUT2D eigenvalue weighted by atomic mass is 32.1. The minimum Gasteiger partial charge on any atom is -0.350 e. The van der Waals surface area contributed by atoms with Crippen LogP contribution < -0.4 is 5.32 Å². The molecule has 2 heterocycles. The number of benzene rings is 1. The summed E-state index contributed by atoms with van der Waals surface area (Å²) in [5.74, 6) is 0.416. The third-order valence-electron chi connectivity index (χ3n) is 3.34. The Balaban J connectivity index is 1.63. The molecule has 23 heavy (non-hydrogen) atoms. The maximum absolute atomic E-state index is 12.8. The maximum Gasteiger partial charge on any atom is 0.282 e. The average molecular weight is 333 g/mol. The number of rotatable bonds is 5. The van der Waals surface area contributed by atoms with Crippen molar-refractivity contribution >= 4 is 22.2 Å². The van der Waals surface area contributed by atoms with E-state index in [2.05, 4.69) is 20.6 Å². The lowest BCUT2D eigenvalue weighted by atomic mass is 10.1. The van der Waals surface area contributed by atoms with E-state index in [4.69, 9.17) is 0 Å². The first-order valence-corrected chi connectivity index (χ1v) is 8.11. The molecule has 0 saturated carbocycles. The number of nitrogens with zero attached hydrogens (tertiary/aromatic N) is 4. The largest absolute Gasteiger partial charge is 0.350 e. The van der Waals surface area contributed by atoms with E-state index >= 15 is 0 Å². The molecule has 120 valence electrons. The van der Waals surface area contributed by atoms with E-state index in [1.54, 1.807) is 16.6 Å². The van der Waals surface area contributed by atoms with Crippen LogP contribution in [-0.2, 0) is 6.42 Å². The van der Waals surface area contributed by atoms with Crippen LogP contribution in [0.25, 0.3) is 4.96 Å². The van der Waals surface area contributed by atoms with E-state index < -0.39 is 0 Å². The smallest absolute Gasteiger partial charge is 0.282 e. The van der Waals surface area contributed by atoms with Crippen LogP contribution in [0.2, 0.25) is 0 Å². The second-order valence-electron chi connectivity index (χ2n) is 5.45. The number of hydrogen-bond acceptors (Lipinski definition) is 5. The minimum absolute atomic E-state index is 0.182. The lowest BCUT2D eigenvalue weighted by Crippen LogP contribution is -2.25. The van der Waals surface area contributed by atoms with Gasteiger partial charge in [0.25, 0.3) is 5.91 Å². The van der Waals surface area contributed by atoms with E-state index in [1.165, 1.54) is 23.5 Å². The normalized spacial score (nSPS) is 11.3. The molecule has 6 nitrogen and oxygen atoms in total. The number of halogens is 1. The van der Waals surface area contributed by atoms with Crippen LogP contribution in [0.3, 0.4) is 0 Å². The summed E-state index contributed by atoms with van der Waals surface area (Å²) in [6.07, 6.45) is 0.632. The van der Waals surface area contributed by atoms with Gasteiger partial charge in [0.1, 0.15) is 5.82 Å². The summed E-state index contributed by atoms with van der Waals surface area (Å²) in [7, 11) is 0. The number of aromatic nitrogens is 4. The SMILES string of the molecule is CC(C)c1nnc2sc(C(=O)NCCc3ccc(F)cc3)nn12. The Hall–Kier alpha value is -2.35. The lowest BCUT2D eigenvalue weighted by molar-refractivity contribution is 0.0952. The van der Waals surface area contributed by atoms with Gasteiger partial charge in [-0.15, -0.1) is 15.3 Å². The van der Waals surface area contributed by atoms with Crippen molar-refractivity contribution in [3.63, 3.8) is 0 Å². The van der Waals surface area contributed by atoms with Gasteiger partial charge in [0.15, 0.2) is 5.82 Å². The van der Waals surface area contributed by atoms with Crippen LogP contribution in [0, 0.1) is 5.82 Å². The lowest BCUT2D eigenvalue weighted by Gasteiger charge is -2.03. The molecule has 2 aromatic heterocycles. The molecule has 8 heteroatoms. The first-order chi connectivity index (χ1) is 11.0. The van der Waals surface area contributed by atoms with Gasteiger partial charge in [-0.3, -0.25) is 4.79 Å². The predicted octanol–water partition coefficient (Wildman–Crippen LogP) is 2.42. The Labute approximate surface area is 136 Å². The van der Waals surface area contributed by atoms with Gasteiger partial charge in [-0.05, 0) is 24.1 Å². The zero-order valence-corrected chi connectivity index (χ0v) is 13.6. The third-order valence-corrected chi connectivity index (χ3v) is 4.24. The Morgan fingerprint density at radius 1 is 1.30 bits per heavy atom. The molecular formula is C15H16FN5OS. The summed E-state index contributed by atoms with van der Waals surface area (Å²) in [5.41, 5.74) is 0.965. The quantitative estimate of drug-likeness (QED) is 0.778. The van der Waals surface area contributed by atoms with E-state index in [0.29, 0.717) is 22.9 Å². The summed E-state index contributed by atoms with van der Waals surface area (Å²) in [6.45, 7) is 4.46. The molecule has 0 aliphatic carbocycles. The molecule has 0 radical (unpaired) electrons. The van der Waals surface area contributed by atoms with Crippen LogP contribution >= 0.6 is 11.3 Å². The Bertz CT molecular complexity index is 824. The molecule has 0 atom stereocenters. The van der Waals surface area contributed by atoms with Crippen LogP contribution in [0.15, 0.2) is 24.3 Å². The number of hydrogen-bond donors (Lipinski definition) is 1. The Kier molecular flexibility index (Phi) is 4.33. The fourth-order valence-corrected chi connectivity index (χ4v) is 2.89. The summed E-state index contributed by atoms with van der Waals surface area (Å²) >= 11 is 1.21. The molecule has 0 saturated heterocycles. The van der Waals surface area contributed by atoms with Gasteiger partial charge in [-0.1, -0.05) is 37.3 Å². The topological polar surface area (TPSA) is 72.2 Å². The Morgan fingerprint density at radius 2 is 2.04 bits per heavy atom. The van der Waals surface area contributed by atoms with Gasteiger partial charge in [0.2, 0.25) is 9.97 Å². The fourth-order valence-electron chi connectivity index (χ4n) is 2.13. The zero-order chi connectivity index (χ0) is 16.4. The molecule has 3 aromatic rings. The van der Waals surface area contributed by atoms with Crippen LogP contribution in [-0.4, -0.2) is 32.3 Å². The number of carbonyl (C=O) groups is 1. The van der Waals surface area contributed by atoms with E-state index in [9.17, 15) is 9.18 Å². The van der Waals surface area contributed by atoms with Gasteiger partial charge in [0.05, 0.1) is 0 Å². The number of amides is 1. The first kappa shape index (κ1) is 15.5. The highest BCUT2D eigenvalue weighted by molar-refractivity contribution is 7.18. The molecule has 0 fully saturated rings. The van der Waals surface area contributed by atoms with Crippen LogP contribution in [0.5, 0.6) is 0 Å². The van der Waals surface area contributed by atoms with Gasteiger partial charge in [0, 0.05) is 12.5 Å². The zero-order valence-electron chi connectivity index (χ0n) is 12.8. The molecule has 1 aromatic carbocycles. The van der Waals surface area contributed by atoms with Crippen molar-refractivity contribution in [2.24, 2.45) is 0 Å². The molecular weight excluding hydrogens is 317 g/mol. The number of fused-ring (bicyclic) bond motifs is 1. The molecule has 0 unspecified atom stereocenters. The molecule has 1 N–H and O–H groups in total. The van der Waals surface area contributed by atoms with Gasteiger partial charge >= 0.3 is 0 Å².